The van der Waals surface area contributed by atoms with Crippen LogP contribution in [-0.2, 0) is 4.79 Å². The first-order chi connectivity index (χ1) is 14.1. The van der Waals surface area contributed by atoms with Gasteiger partial charge in [-0.25, -0.2) is 23.4 Å². The molecule has 0 aliphatic rings. The molecule has 0 spiro atoms. The molecule has 29 heavy (non-hydrogen) atoms. The van der Waals surface area contributed by atoms with Crippen molar-refractivity contribution in [3.63, 3.8) is 0 Å². The van der Waals surface area contributed by atoms with E-state index in [9.17, 15) is 13.6 Å². The van der Waals surface area contributed by atoms with E-state index in [1.165, 1.54) is 29.2 Å². The summed E-state index contributed by atoms with van der Waals surface area (Å²) < 4.78 is 28.1. The summed E-state index contributed by atoms with van der Waals surface area (Å²) in [6, 6.07) is 13.1. The van der Waals surface area contributed by atoms with Gasteiger partial charge >= 0.3 is 0 Å². The highest BCUT2D eigenvalue weighted by Gasteiger charge is 2.12. The number of carbonyl (C=O) groups is 1. The van der Waals surface area contributed by atoms with E-state index in [-0.39, 0.29) is 11.7 Å². The molecule has 2 aromatic carbocycles. The molecule has 0 saturated heterocycles. The maximum atomic E-state index is 13.4. The second kappa shape index (κ2) is 8.50. The molecule has 6 nitrogen and oxygen atoms in total. The third-order valence-corrected chi connectivity index (χ3v) is 5.40. The van der Waals surface area contributed by atoms with Crippen LogP contribution >= 0.6 is 23.1 Å². The number of amides is 1. The van der Waals surface area contributed by atoms with E-state index in [1.807, 2.05) is 30.3 Å². The molecule has 0 bridgehead atoms. The molecule has 2 heterocycles. The first-order valence-corrected chi connectivity index (χ1v) is 10.3. The fourth-order valence-corrected chi connectivity index (χ4v) is 3.76. The highest BCUT2D eigenvalue weighted by molar-refractivity contribution is 7.99. The SMILES string of the molecule is O=C(CSc1ncn(-c2ccccc2)n1)Nc1nc(-c2ccc(F)c(F)c2)cs1. The molecule has 146 valence electrons. The minimum atomic E-state index is -0.945. The number of hydrogen-bond acceptors (Lipinski definition) is 6. The predicted molar refractivity (Wildman–Crippen MR) is 108 cm³/mol. The fraction of sp³-hybridized carbons (Fsp3) is 0.0526. The first-order valence-electron chi connectivity index (χ1n) is 8.39. The van der Waals surface area contributed by atoms with Crippen LogP contribution in [0.5, 0.6) is 0 Å². The quantitative estimate of drug-likeness (QED) is 0.460. The van der Waals surface area contributed by atoms with E-state index in [2.05, 4.69) is 20.4 Å². The molecule has 0 atom stereocenters. The normalized spacial score (nSPS) is 10.8. The van der Waals surface area contributed by atoms with Crippen LogP contribution in [-0.4, -0.2) is 31.4 Å². The van der Waals surface area contributed by atoms with E-state index in [0.29, 0.717) is 21.5 Å². The molecule has 4 rings (SSSR count). The van der Waals surface area contributed by atoms with Gasteiger partial charge in [0.15, 0.2) is 16.8 Å². The number of nitrogens with zero attached hydrogens (tertiary/aromatic N) is 4. The van der Waals surface area contributed by atoms with Crippen LogP contribution < -0.4 is 5.32 Å². The second-order valence-electron chi connectivity index (χ2n) is 5.81. The number of thiazole rings is 1. The van der Waals surface area contributed by atoms with Gasteiger partial charge in [-0.15, -0.1) is 16.4 Å². The summed E-state index contributed by atoms with van der Waals surface area (Å²) in [4.78, 5) is 20.6. The van der Waals surface area contributed by atoms with Crippen molar-refractivity contribution < 1.29 is 13.6 Å². The molecular weight excluding hydrogens is 416 g/mol. The number of carbonyl (C=O) groups excluding carboxylic acids is 1. The number of anilines is 1. The van der Waals surface area contributed by atoms with Crippen molar-refractivity contribution in [2.45, 2.75) is 5.16 Å². The van der Waals surface area contributed by atoms with Gasteiger partial charge in [0.1, 0.15) is 6.33 Å². The minimum Gasteiger partial charge on any atom is -0.301 e. The zero-order chi connectivity index (χ0) is 20.2. The largest absolute Gasteiger partial charge is 0.301 e. The molecule has 0 unspecified atom stereocenters. The zero-order valence-corrected chi connectivity index (χ0v) is 16.4. The Bertz CT molecular complexity index is 1150. The lowest BCUT2D eigenvalue weighted by atomic mass is 10.2. The van der Waals surface area contributed by atoms with Crippen molar-refractivity contribution in [1.29, 1.82) is 0 Å². The monoisotopic (exact) mass is 429 g/mol. The third kappa shape index (κ3) is 4.66. The van der Waals surface area contributed by atoms with Gasteiger partial charge in [-0.2, -0.15) is 0 Å². The van der Waals surface area contributed by atoms with Gasteiger partial charge in [-0.05, 0) is 30.3 Å². The average molecular weight is 429 g/mol. The number of aromatic nitrogens is 4. The van der Waals surface area contributed by atoms with E-state index in [4.69, 9.17) is 0 Å². The van der Waals surface area contributed by atoms with Crippen LogP contribution in [0.3, 0.4) is 0 Å². The second-order valence-corrected chi connectivity index (χ2v) is 7.61. The average Bonchev–Trinajstić information content (AvgIpc) is 3.39. The number of para-hydroxylation sites is 1. The summed E-state index contributed by atoms with van der Waals surface area (Å²) >= 11 is 2.40. The molecule has 0 fully saturated rings. The van der Waals surface area contributed by atoms with Gasteiger partial charge in [-0.3, -0.25) is 4.79 Å². The van der Waals surface area contributed by atoms with E-state index >= 15 is 0 Å². The molecule has 2 aromatic heterocycles. The van der Waals surface area contributed by atoms with Gasteiger partial charge in [0.25, 0.3) is 0 Å². The van der Waals surface area contributed by atoms with Crippen molar-refractivity contribution in [2.75, 3.05) is 11.1 Å². The Morgan fingerprint density at radius 2 is 1.97 bits per heavy atom. The number of halogens is 2. The zero-order valence-electron chi connectivity index (χ0n) is 14.8. The van der Waals surface area contributed by atoms with Crippen LogP contribution in [0.15, 0.2) is 65.4 Å². The minimum absolute atomic E-state index is 0.110. The smallest absolute Gasteiger partial charge is 0.236 e. The van der Waals surface area contributed by atoms with Crippen molar-refractivity contribution in [2.24, 2.45) is 0 Å². The molecule has 0 aliphatic carbocycles. The summed E-state index contributed by atoms with van der Waals surface area (Å²) in [5.74, 6) is -2.02. The molecule has 1 N–H and O–H groups in total. The highest BCUT2D eigenvalue weighted by atomic mass is 32.2. The lowest BCUT2D eigenvalue weighted by Gasteiger charge is -2.00. The highest BCUT2D eigenvalue weighted by Crippen LogP contribution is 2.26. The fourth-order valence-electron chi connectivity index (χ4n) is 2.42. The Hall–Kier alpha value is -3.11. The maximum Gasteiger partial charge on any atom is 0.236 e. The number of hydrogen-bond donors (Lipinski definition) is 1. The predicted octanol–water partition coefficient (Wildman–Crippen LogP) is 4.40. The number of nitrogens with one attached hydrogen (secondary N) is 1. The Morgan fingerprint density at radius 1 is 1.14 bits per heavy atom. The Balaban J connectivity index is 1.34. The van der Waals surface area contributed by atoms with Crippen LogP contribution in [0.25, 0.3) is 16.9 Å². The van der Waals surface area contributed by atoms with Crippen molar-refractivity contribution in [3.05, 3.63) is 71.9 Å². The molecular formula is C19H13F2N5OS2. The van der Waals surface area contributed by atoms with Crippen LogP contribution in [0.1, 0.15) is 0 Å². The summed E-state index contributed by atoms with van der Waals surface area (Å²) in [6.45, 7) is 0. The lowest BCUT2D eigenvalue weighted by molar-refractivity contribution is -0.113. The van der Waals surface area contributed by atoms with Crippen molar-refractivity contribution in [1.82, 2.24) is 19.7 Å². The van der Waals surface area contributed by atoms with Gasteiger partial charge in [0.05, 0.1) is 17.1 Å². The number of thioether (sulfide) groups is 1. The van der Waals surface area contributed by atoms with Crippen LogP contribution in [0, 0.1) is 11.6 Å². The Morgan fingerprint density at radius 3 is 2.76 bits per heavy atom. The molecule has 0 radical (unpaired) electrons. The Labute approximate surface area is 172 Å². The van der Waals surface area contributed by atoms with Crippen LogP contribution in [0.2, 0.25) is 0 Å². The Kier molecular flexibility index (Phi) is 5.63. The number of rotatable bonds is 6. The molecule has 10 heteroatoms. The third-order valence-electron chi connectivity index (χ3n) is 3.79. The van der Waals surface area contributed by atoms with Crippen LogP contribution in [0.4, 0.5) is 13.9 Å². The van der Waals surface area contributed by atoms with Gasteiger partial charge in [-0.1, -0.05) is 30.0 Å². The summed E-state index contributed by atoms with van der Waals surface area (Å²) in [7, 11) is 0. The molecule has 0 saturated carbocycles. The molecule has 4 aromatic rings. The van der Waals surface area contributed by atoms with Crippen molar-refractivity contribution >= 4 is 34.1 Å². The lowest BCUT2D eigenvalue weighted by Crippen LogP contribution is -2.14. The topological polar surface area (TPSA) is 72.7 Å². The van der Waals surface area contributed by atoms with E-state index in [0.717, 1.165) is 17.8 Å². The molecule has 0 aliphatic heterocycles. The summed E-state index contributed by atoms with van der Waals surface area (Å²) in [6.07, 6.45) is 1.59. The van der Waals surface area contributed by atoms with E-state index < -0.39 is 11.6 Å². The summed E-state index contributed by atoms with van der Waals surface area (Å²) in [5.41, 5.74) is 1.77. The molecule has 1 amide bonds. The van der Waals surface area contributed by atoms with Crippen molar-refractivity contribution in [3.8, 4) is 16.9 Å². The van der Waals surface area contributed by atoms with Gasteiger partial charge in [0.2, 0.25) is 11.1 Å². The van der Waals surface area contributed by atoms with E-state index in [1.54, 1.807) is 16.4 Å². The number of benzene rings is 2. The van der Waals surface area contributed by atoms with Gasteiger partial charge in [0, 0.05) is 10.9 Å². The maximum absolute atomic E-state index is 13.4. The summed E-state index contributed by atoms with van der Waals surface area (Å²) in [5, 5.41) is 9.53. The van der Waals surface area contributed by atoms with Gasteiger partial charge < -0.3 is 5.32 Å². The first kappa shape index (κ1) is 19.2. The standard InChI is InChI=1S/C19H13F2N5OS2/c20-14-7-6-12(8-15(14)21)16-9-28-19(23-16)24-17(27)10-29-18-22-11-26(25-18)13-4-2-1-3-5-13/h1-9,11H,10H2,(H,23,24,27).